The van der Waals surface area contributed by atoms with Gasteiger partial charge in [-0.05, 0) is 54.1 Å². The van der Waals surface area contributed by atoms with Gasteiger partial charge in [0, 0.05) is 10.4 Å². The van der Waals surface area contributed by atoms with Crippen LogP contribution in [-0.2, 0) is 0 Å². The van der Waals surface area contributed by atoms with E-state index in [1.165, 1.54) is 10.9 Å². The number of aromatic nitrogens is 2. The number of fused-ring (bicyclic) bond motifs is 2. The van der Waals surface area contributed by atoms with Crippen LogP contribution in [0.3, 0.4) is 0 Å². The number of nitrogens with zero attached hydrogens (tertiary/aromatic N) is 3. The summed E-state index contributed by atoms with van der Waals surface area (Å²) in [5.41, 5.74) is 1.28. The van der Waals surface area contributed by atoms with Crippen molar-refractivity contribution in [1.82, 2.24) is 9.66 Å². The van der Waals surface area contributed by atoms with Gasteiger partial charge in [-0.1, -0.05) is 52.9 Å². The molecular weight excluding hydrogens is 509 g/mol. The fraction of sp³-hybridized carbons (Fsp3) is 0.0385. The smallest absolute Gasteiger partial charge is 0.282 e. The molecule has 5 aromatic rings. The number of para-hydroxylation sites is 1. The largest absolute Gasteiger partial charge is 0.478 e. The molecule has 0 saturated carbocycles. The highest BCUT2D eigenvalue weighted by Crippen LogP contribution is 2.34. The summed E-state index contributed by atoms with van der Waals surface area (Å²) in [6.45, 7) is 0.0249. The van der Waals surface area contributed by atoms with Gasteiger partial charge in [0.1, 0.15) is 12.2 Å². The molecule has 0 fully saturated rings. The molecule has 0 amide bonds. The Morgan fingerprint density at radius 2 is 1.86 bits per heavy atom. The van der Waals surface area contributed by atoms with E-state index in [0.717, 1.165) is 5.39 Å². The minimum Gasteiger partial charge on any atom is -0.478 e. The summed E-state index contributed by atoms with van der Waals surface area (Å²) in [4.78, 5) is 18.0. The van der Waals surface area contributed by atoms with Gasteiger partial charge in [0.2, 0.25) is 5.82 Å². The van der Waals surface area contributed by atoms with Crippen LogP contribution in [0, 0.1) is 12.3 Å². The Labute approximate surface area is 214 Å². The van der Waals surface area contributed by atoms with Crippen molar-refractivity contribution in [3.8, 4) is 29.7 Å². The van der Waals surface area contributed by atoms with Crippen LogP contribution in [0.4, 0.5) is 0 Å². The summed E-state index contributed by atoms with van der Waals surface area (Å²) in [5, 5.41) is 6.66. The van der Waals surface area contributed by atoms with Crippen molar-refractivity contribution in [2.24, 2.45) is 5.10 Å². The molecule has 0 unspecified atom stereocenters. The number of rotatable bonds is 5. The first-order valence-corrected chi connectivity index (χ1v) is 11.4. The van der Waals surface area contributed by atoms with Gasteiger partial charge in [-0.15, -0.1) is 6.42 Å². The zero-order chi connectivity index (χ0) is 24.5. The molecule has 0 saturated heterocycles. The van der Waals surface area contributed by atoms with Crippen LogP contribution in [0.15, 0.2) is 75.0 Å². The molecule has 0 aliphatic rings. The van der Waals surface area contributed by atoms with Gasteiger partial charge in [-0.25, -0.2) is 4.98 Å². The van der Waals surface area contributed by atoms with Crippen molar-refractivity contribution >= 4 is 62.9 Å². The van der Waals surface area contributed by atoms with Crippen LogP contribution < -0.4 is 10.3 Å². The maximum absolute atomic E-state index is 13.4. The Morgan fingerprint density at radius 3 is 2.63 bits per heavy atom. The van der Waals surface area contributed by atoms with E-state index in [9.17, 15) is 4.79 Å². The molecule has 9 heteroatoms. The van der Waals surface area contributed by atoms with E-state index in [1.807, 2.05) is 0 Å². The van der Waals surface area contributed by atoms with Crippen LogP contribution in [0.25, 0.3) is 33.5 Å². The van der Waals surface area contributed by atoms with Crippen molar-refractivity contribution < 1.29 is 9.15 Å². The summed E-state index contributed by atoms with van der Waals surface area (Å²) in [5.74, 6) is 3.22. The molecule has 0 atom stereocenters. The third-order valence-corrected chi connectivity index (χ3v) is 5.89. The Balaban J connectivity index is 1.65. The lowest BCUT2D eigenvalue weighted by Crippen LogP contribution is -2.20. The minimum atomic E-state index is -0.369. The fourth-order valence-electron chi connectivity index (χ4n) is 3.54. The summed E-state index contributed by atoms with van der Waals surface area (Å²) in [6.07, 6.45) is 6.68. The Bertz CT molecular complexity index is 1710. The number of furan rings is 1. The van der Waals surface area contributed by atoms with Gasteiger partial charge in [0.15, 0.2) is 11.5 Å². The van der Waals surface area contributed by atoms with Crippen LogP contribution >= 0.6 is 34.8 Å². The average Bonchev–Trinajstić information content (AvgIpc) is 3.26. The number of hydrogen-bond donors (Lipinski definition) is 0. The molecule has 0 radical (unpaired) electrons. The van der Waals surface area contributed by atoms with Crippen LogP contribution in [0.5, 0.6) is 5.75 Å². The second kappa shape index (κ2) is 9.47. The second-order valence-corrected chi connectivity index (χ2v) is 8.66. The minimum absolute atomic E-state index is 0.0249. The van der Waals surface area contributed by atoms with Gasteiger partial charge >= 0.3 is 0 Å². The number of benzene rings is 3. The molecular formula is C26H14Cl3N3O3. The molecule has 3 aromatic carbocycles. The molecule has 0 aliphatic carbocycles. The van der Waals surface area contributed by atoms with Crippen molar-refractivity contribution in [1.29, 1.82) is 0 Å². The summed E-state index contributed by atoms with van der Waals surface area (Å²) < 4.78 is 12.5. The lowest BCUT2D eigenvalue weighted by molar-refractivity contribution is 0.371. The Kier molecular flexibility index (Phi) is 6.23. The Hall–Kier alpha value is -3.76. The quantitative estimate of drug-likeness (QED) is 0.191. The predicted molar refractivity (Wildman–Crippen MR) is 140 cm³/mol. The first-order valence-electron chi connectivity index (χ1n) is 10.3. The summed E-state index contributed by atoms with van der Waals surface area (Å²) in [6, 6.07) is 17.2. The van der Waals surface area contributed by atoms with Crippen molar-refractivity contribution in [2.75, 3.05) is 6.61 Å². The molecule has 2 aromatic heterocycles. The number of hydrogen-bond acceptors (Lipinski definition) is 5. The van der Waals surface area contributed by atoms with E-state index < -0.39 is 0 Å². The molecule has 0 aliphatic heterocycles. The van der Waals surface area contributed by atoms with E-state index >= 15 is 0 Å². The van der Waals surface area contributed by atoms with Gasteiger partial charge in [0.05, 0.1) is 27.2 Å². The molecule has 0 spiro atoms. The lowest BCUT2D eigenvalue weighted by atomic mass is 10.2. The summed E-state index contributed by atoms with van der Waals surface area (Å²) >= 11 is 18.7. The molecule has 35 heavy (non-hydrogen) atoms. The topological polar surface area (TPSA) is 69.6 Å². The van der Waals surface area contributed by atoms with Crippen molar-refractivity contribution in [2.45, 2.75) is 0 Å². The highest BCUT2D eigenvalue weighted by Gasteiger charge is 2.17. The molecule has 172 valence electrons. The number of terminal acetylenes is 1. The van der Waals surface area contributed by atoms with E-state index in [-0.39, 0.29) is 33.8 Å². The molecule has 2 heterocycles. The first-order chi connectivity index (χ1) is 16.9. The zero-order valence-corrected chi connectivity index (χ0v) is 20.1. The van der Waals surface area contributed by atoms with Crippen LogP contribution in [0.1, 0.15) is 5.56 Å². The van der Waals surface area contributed by atoms with E-state index in [1.54, 1.807) is 60.7 Å². The fourth-order valence-corrected chi connectivity index (χ4v) is 4.34. The van der Waals surface area contributed by atoms with Gasteiger partial charge in [0.25, 0.3) is 5.56 Å². The maximum atomic E-state index is 13.4. The molecule has 6 nitrogen and oxygen atoms in total. The van der Waals surface area contributed by atoms with Crippen LogP contribution in [-0.4, -0.2) is 22.5 Å². The SMILES string of the molecule is C#CCOc1c(Cl)cc(C=Nn2c(-c3cc4cc(Cl)ccc4o3)nc3ccccc3c2=O)cc1Cl. The monoisotopic (exact) mass is 521 g/mol. The average molecular weight is 523 g/mol. The normalized spacial score (nSPS) is 11.4. The Morgan fingerprint density at radius 1 is 1.09 bits per heavy atom. The van der Waals surface area contributed by atoms with Gasteiger partial charge in [-0.2, -0.15) is 9.78 Å². The zero-order valence-electron chi connectivity index (χ0n) is 17.8. The molecule has 0 bridgehead atoms. The van der Waals surface area contributed by atoms with Crippen molar-refractivity contribution in [3.05, 3.63) is 91.6 Å². The van der Waals surface area contributed by atoms with Crippen molar-refractivity contribution in [3.63, 3.8) is 0 Å². The van der Waals surface area contributed by atoms with Crippen LogP contribution in [0.2, 0.25) is 15.1 Å². The highest BCUT2D eigenvalue weighted by molar-refractivity contribution is 6.37. The third-order valence-electron chi connectivity index (χ3n) is 5.10. The van der Waals surface area contributed by atoms with E-state index in [4.69, 9.17) is 50.4 Å². The molecule has 5 rings (SSSR count). The lowest BCUT2D eigenvalue weighted by Gasteiger charge is -2.09. The van der Waals surface area contributed by atoms with E-state index in [2.05, 4.69) is 16.0 Å². The second-order valence-electron chi connectivity index (χ2n) is 7.41. The van der Waals surface area contributed by atoms with E-state index in [0.29, 0.717) is 32.8 Å². The standard InChI is InChI=1S/C26H14Cl3N3O3/c1-2-9-34-24-19(28)10-15(11-20(24)29)14-30-32-25(31-21-6-4-3-5-18(21)26(32)33)23-13-16-12-17(27)7-8-22(16)35-23/h1,3-8,10-14H,9H2. The van der Waals surface area contributed by atoms with Gasteiger partial charge in [-0.3, -0.25) is 4.79 Å². The summed E-state index contributed by atoms with van der Waals surface area (Å²) in [7, 11) is 0. The first kappa shape index (κ1) is 23.0. The highest BCUT2D eigenvalue weighted by atomic mass is 35.5. The number of halogens is 3. The molecule has 0 N–H and O–H groups in total. The maximum Gasteiger partial charge on any atom is 0.282 e. The number of ether oxygens (including phenoxy) is 1. The third kappa shape index (κ3) is 4.50. The predicted octanol–water partition coefficient (Wildman–Crippen LogP) is 6.66. The van der Waals surface area contributed by atoms with Gasteiger partial charge < -0.3 is 9.15 Å².